The van der Waals surface area contributed by atoms with Crippen molar-refractivity contribution in [3.05, 3.63) is 52.5 Å². The zero-order chi connectivity index (χ0) is 18.4. The van der Waals surface area contributed by atoms with Crippen molar-refractivity contribution in [1.29, 1.82) is 0 Å². The molecule has 0 heterocycles. The lowest BCUT2D eigenvalue weighted by atomic mass is 10.2. The molecule has 7 heteroatoms. The SMILES string of the molecule is CCN(CC)c1ccc(/C=N\Nc2ccc(Cl)c(C(=O)O)c2)c(O)c1. The molecule has 0 saturated carbocycles. The van der Waals surface area contributed by atoms with Gasteiger partial charge in [-0.1, -0.05) is 11.6 Å². The van der Waals surface area contributed by atoms with Crippen LogP contribution in [-0.2, 0) is 0 Å². The molecule has 2 aromatic rings. The number of hydrogen-bond acceptors (Lipinski definition) is 5. The van der Waals surface area contributed by atoms with Crippen molar-refractivity contribution in [3.63, 3.8) is 0 Å². The molecule has 0 bridgehead atoms. The fraction of sp³-hybridized carbons (Fsp3) is 0.222. The van der Waals surface area contributed by atoms with Crippen LogP contribution in [0.25, 0.3) is 0 Å². The molecule has 6 nitrogen and oxygen atoms in total. The normalized spacial score (nSPS) is 10.8. The van der Waals surface area contributed by atoms with Gasteiger partial charge < -0.3 is 15.1 Å². The molecule has 0 aromatic heterocycles. The number of hydrogen-bond donors (Lipinski definition) is 3. The van der Waals surface area contributed by atoms with Crippen LogP contribution in [0, 0.1) is 0 Å². The summed E-state index contributed by atoms with van der Waals surface area (Å²) in [5, 5.41) is 23.4. The van der Waals surface area contributed by atoms with E-state index in [0.29, 0.717) is 11.3 Å². The summed E-state index contributed by atoms with van der Waals surface area (Å²) in [6, 6.07) is 9.89. The number of aromatic carboxylic acids is 1. The fourth-order valence-corrected chi connectivity index (χ4v) is 2.56. The van der Waals surface area contributed by atoms with Crippen LogP contribution >= 0.6 is 11.6 Å². The van der Waals surface area contributed by atoms with Crippen LogP contribution in [0.3, 0.4) is 0 Å². The zero-order valence-electron chi connectivity index (χ0n) is 14.0. The molecule has 0 radical (unpaired) electrons. The second-order valence-electron chi connectivity index (χ2n) is 5.29. The van der Waals surface area contributed by atoms with Gasteiger partial charge in [0.1, 0.15) is 5.75 Å². The molecule has 0 atom stereocenters. The lowest BCUT2D eigenvalue weighted by Crippen LogP contribution is -2.21. The maximum Gasteiger partial charge on any atom is 0.337 e. The molecule has 0 amide bonds. The molecule has 0 unspecified atom stereocenters. The Bertz CT molecular complexity index is 789. The van der Waals surface area contributed by atoms with Crippen molar-refractivity contribution < 1.29 is 15.0 Å². The number of benzene rings is 2. The number of carboxylic acids is 1. The van der Waals surface area contributed by atoms with Gasteiger partial charge in [0.15, 0.2) is 0 Å². The van der Waals surface area contributed by atoms with Gasteiger partial charge in [-0.05, 0) is 44.2 Å². The van der Waals surface area contributed by atoms with Crippen molar-refractivity contribution in [3.8, 4) is 5.75 Å². The summed E-state index contributed by atoms with van der Waals surface area (Å²) < 4.78 is 0. The highest BCUT2D eigenvalue weighted by Gasteiger charge is 2.09. The predicted octanol–water partition coefficient (Wildman–Crippen LogP) is 4.04. The summed E-state index contributed by atoms with van der Waals surface area (Å²) in [5.41, 5.74) is 4.70. The van der Waals surface area contributed by atoms with Crippen LogP contribution in [0.15, 0.2) is 41.5 Å². The Morgan fingerprint density at radius 2 is 1.96 bits per heavy atom. The molecular weight excluding hydrogens is 342 g/mol. The van der Waals surface area contributed by atoms with Gasteiger partial charge in [0.05, 0.1) is 22.5 Å². The lowest BCUT2D eigenvalue weighted by Gasteiger charge is -2.21. The number of rotatable bonds is 7. The molecule has 2 rings (SSSR count). The molecule has 132 valence electrons. The van der Waals surface area contributed by atoms with Gasteiger partial charge in [0.25, 0.3) is 0 Å². The average Bonchev–Trinajstić information content (AvgIpc) is 2.59. The number of phenols is 1. The fourth-order valence-electron chi connectivity index (χ4n) is 2.36. The minimum atomic E-state index is -1.11. The third-order valence-corrected chi connectivity index (χ3v) is 4.07. The summed E-state index contributed by atoms with van der Waals surface area (Å²) in [7, 11) is 0. The molecule has 0 fully saturated rings. The van der Waals surface area contributed by atoms with Gasteiger partial charge in [0, 0.05) is 30.4 Å². The van der Waals surface area contributed by atoms with E-state index in [4.69, 9.17) is 16.7 Å². The molecule has 0 aliphatic carbocycles. The molecule has 0 aliphatic rings. The van der Waals surface area contributed by atoms with Crippen LogP contribution in [0.5, 0.6) is 5.75 Å². The first-order valence-corrected chi connectivity index (χ1v) is 8.24. The second kappa shape index (κ2) is 8.39. The quantitative estimate of drug-likeness (QED) is 0.512. The predicted molar refractivity (Wildman–Crippen MR) is 101 cm³/mol. The minimum absolute atomic E-state index is 0.00621. The summed E-state index contributed by atoms with van der Waals surface area (Å²) in [6.07, 6.45) is 1.47. The van der Waals surface area contributed by atoms with E-state index in [2.05, 4.69) is 29.3 Å². The van der Waals surface area contributed by atoms with Crippen molar-refractivity contribution in [2.75, 3.05) is 23.4 Å². The Balaban J connectivity index is 2.12. The number of hydrazone groups is 1. The summed E-state index contributed by atoms with van der Waals surface area (Å²) in [4.78, 5) is 13.2. The number of aromatic hydroxyl groups is 1. The molecule has 0 spiro atoms. The van der Waals surface area contributed by atoms with Gasteiger partial charge in [-0.25, -0.2) is 4.79 Å². The number of nitrogens with one attached hydrogen (secondary N) is 1. The van der Waals surface area contributed by atoms with Crippen LogP contribution in [0.1, 0.15) is 29.8 Å². The van der Waals surface area contributed by atoms with E-state index in [0.717, 1.165) is 18.8 Å². The molecular formula is C18H20ClN3O3. The largest absolute Gasteiger partial charge is 0.507 e. The number of phenolic OH excluding ortho intramolecular Hbond substituents is 1. The molecule has 0 saturated heterocycles. The number of nitrogens with zero attached hydrogens (tertiary/aromatic N) is 2. The lowest BCUT2D eigenvalue weighted by molar-refractivity contribution is 0.0697. The molecule has 3 N–H and O–H groups in total. The van der Waals surface area contributed by atoms with Crippen LogP contribution in [0.4, 0.5) is 11.4 Å². The van der Waals surface area contributed by atoms with Gasteiger partial charge in [-0.2, -0.15) is 5.10 Å². The van der Waals surface area contributed by atoms with Crippen molar-refractivity contribution in [2.45, 2.75) is 13.8 Å². The first-order chi connectivity index (χ1) is 12.0. The standard InChI is InChI=1S/C18H20ClN3O3/c1-3-22(4-2)14-7-5-12(17(23)10-14)11-20-21-13-6-8-16(19)15(9-13)18(24)25/h5-11,21,23H,3-4H2,1-2H3,(H,24,25)/b20-11-. The monoisotopic (exact) mass is 361 g/mol. The third kappa shape index (κ3) is 4.64. The number of carbonyl (C=O) groups is 1. The van der Waals surface area contributed by atoms with Crippen LogP contribution in [-0.4, -0.2) is 35.5 Å². The van der Waals surface area contributed by atoms with Crippen molar-refractivity contribution in [2.24, 2.45) is 5.10 Å². The number of halogens is 1. The summed E-state index contributed by atoms with van der Waals surface area (Å²) in [6.45, 7) is 5.81. The smallest absolute Gasteiger partial charge is 0.337 e. The summed E-state index contributed by atoms with van der Waals surface area (Å²) in [5.74, 6) is -0.987. The minimum Gasteiger partial charge on any atom is -0.507 e. The van der Waals surface area contributed by atoms with Gasteiger partial charge in [0.2, 0.25) is 0 Å². The van der Waals surface area contributed by atoms with E-state index in [1.54, 1.807) is 18.2 Å². The van der Waals surface area contributed by atoms with E-state index in [1.807, 2.05) is 6.07 Å². The van der Waals surface area contributed by atoms with E-state index in [1.165, 1.54) is 18.3 Å². The number of anilines is 2. The van der Waals surface area contributed by atoms with E-state index in [-0.39, 0.29) is 16.3 Å². The highest BCUT2D eigenvalue weighted by molar-refractivity contribution is 6.33. The Kier molecular flexibility index (Phi) is 6.25. The molecule has 0 aliphatic heterocycles. The second-order valence-corrected chi connectivity index (χ2v) is 5.69. The van der Waals surface area contributed by atoms with Gasteiger partial charge in [-0.3, -0.25) is 5.43 Å². The maximum absolute atomic E-state index is 11.1. The van der Waals surface area contributed by atoms with Crippen LogP contribution < -0.4 is 10.3 Å². The maximum atomic E-state index is 11.1. The topological polar surface area (TPSA) is 85.2 Å². The van der Waals surface area contributed by atoms with Gasteiger partial charge >= 0.3 is 5.97 Å². The van der Waals surface area contributed by atoms with E-state index >= 15 is 0 Å². The Morgan fingerprint density at radius 1 is 1.24 bits per heavy atom. The first kappa shape index (κ1) is 18.6. The van der Waals surface area contributed by atoms with Crippen LogP contribution in [0.2, 0.25) is 5.02 Å². The Labute approximate surface area is 151 Å². The Morgan fingerprint density at radius 3 is 2.56 bits per heavy atom. The highest BCUT2D eigenvalue weighted by atomic mass is 35.5. The highest BCUT2D eigenvalue weighted by Crippen LogP contribution is 2.24. The number of carboxylic acid groups (broad SMARTS) is 1. The first-order valence-electron chi connectivity index (χ1n) is 7.86. The van der Waals surface area contributed by atoms with E-state index < -0.39 is 5.97 Å². The third-order valence-electron chi connectivity index (χ3n) is 3.74. The average molecular weight is 362 g/mol. The summed E-state index contributed by atoms with van der Waals surface area (Å²) >= 11 is 5.82. The Hall–Kier alpha value is -2.73. The molecule has 25 heavy (non-hydrogen) atoms. The van der Waals surface area contributed by atoms with Crippen molar-refractivity contribution in [1.82, 2.24) is 0 Å². The van der Waals surface area contributed by atoms with Gasteiger partial charge in [-0.15, -0.1) is 0 Å². The van der Waals surface area contributed by atoms with Crippen molar-refractivity contribution >= 4 is 35.2 Å². The van der Waals surface area contributed by atoms with E-state index in [9.17, 15) is 9.90 Å². The zero-order valence-corrected chi connectivity index (χ0v) is 14.8. The molecule has 2 aromatic carbocycles.